The molecule has 1 aromatic heterocycles. The van der Waals surface area contributed by atoms with Crippen LogP contribution in [-0.2, 0) is 10.9 Å². The van der Waals surface area contributed by atoms with Crippen molar-refractivity contribution in [2.45, 2.75) is 19.2 Å². The summed E-state index contributed by atoms with van der Waals surface area (Å²) >= 11 is 0. The number of hydrogen-bond donors (Lipinski definition) is 0. The fraction of sp³-hybridized carbons (Fsp3) is 0.353. The minimum absolute atomic E-state index is 0.0844. The molecule has 26 heavy (non-hydrogen) atoms. The second-order valence-electron chi connectivity index (χ2n) is 6.02. The van der Waals surface area contributed by atoms with Gasteiger partial charge < -0.3 is 9.64 Å². The molecule has 0 bridgehead atoms. The molecular formula is C17H16F3N3O3. The van der Waals surface area contributed by atoms with Crippen molar-refractivity contribution >= 4 is 11.5 Å². The van der Waals surface area contributed by atoms with E-state index in [-0.39, 0.29) is 5.69 Å². The van der Waals surface area contributed by atoms with Crippen LogP contribution in [0.1, 0.15) is 22.8 Å². The van der Waals surface area contributed by atoms with E-state index in [1.54, 1.807) is 6.92 Å². The highest BCUT2D eigenvalue weighted by atomic mass is 19.4. The van der Waals surface area contributed by atoms with E-state index in [0.29, 0.717) is 36.6 Å². The van der Waals surface area contributed by atoms with Gasteiger partial charge in [0.05, 0.1) is 17.1 Å². The molecular weight excluding hydrogens is 351 g/mol. The van der Waals surface area contributed by atoms with E-state index < -0.39 is 22.8 Å². The van der Waals surface area contributed by atoms with Gasteiger partial charge in [-0.2, -0.15) is 13.2 Å². The molecule has 1 aliphatic rings. The molecule has 0 saturated carbocycles. The lowest BCUT2D eigenvalue weighted by atomic mass is 10.0. The molecule has 0 spiro atoms. The van der Waals surface area contributed by atoms with Crippen molar-refractivity contribution in [1.29, 1.82) is 0 Å². The monoisotopic (exact) mass is 367 g/mol. The Morgan fingerprint density at radius 2 is 2.00 bits per heavy atom. The van der Waals surface area contributed by atoms with Crippen molar-refractivity contribution in [3.63, 3.8) is 0 Å². The summed E-state index contributed by atoms with van der Waals surface area (Å²) in [6.45, 7) is 3.06. The topological polar surface area (TPSA) is 68.5 Å². The molecule has 0 aliphatic carbocycles. The van der Waals surface area contributed by atoms with E-state index in [0.717, 1.165) is 12.1 Å². The van der Waals surface area contributed by atoms with Gasteiger partial charge in [-0.25, -0.2) is 4.98 Å². The van der Waals surface area contributed by atoms with Crippen molar-refractivity contribution in [3.8, 4) is 0 Å². The second kappa shape index (κ2) is 6.91. The molecule has 6 nitrogen and oxygen atoms in total. The third-order valence-electron chi connectivity index (χ3n) is 4.22. The number of nitrogens with zero attached hydrogens (tertiary/aromatic N) is 3. The standard InChI is InChI=1S/C17H16F3N3O3/c1-11-8-14(23(24)25)9-21-16(11)22-6-7-26-15(10-22)12-2-4-13(5-3-12)17(18,19)20/h2-5,8-9,15H,6-7,10H2,1H3. The highest BCUT2D eigenvalue weighted by Crippen LogP contribution is 2.32. The SMILES string of the molecule is Cc1cc([N+](=O)[O-])cnc1N1CCOC(c2ccc(C(F)(F)F)cc2)C1. The number of halogens is 3. The van der Waals surface area contributed by atoms with Crippen LogP contribution >= 0.6 is 0 Å². The summed E-state index contributed by atoms with van der Waals surface area (Å²) in [4.78, 5) is 16.4. The minimum atomic E-state index is -4.38. The van der Waals surface area contributed by atoms with Gasteiger partial charge in [0.2, 0.25) is 0 Å². The van der Waals surface area contributed by atoms with Gasteiger partial charge in [-0.3, -0.25) is 10.1 Å². The van der Waals surface area contributed by atoms with Crippen LogP contribution in [0.4, 0.5) is 24.7 Å². The summed E-state index contributed by atoms with van der Waals surface area (Å²) in [5.41, 5.74) is 0.509. The number of alkyl halides is 3. The maximum absolute atomic E-state index is 12.7. The predicted molar refractivity (Wildman–Crippen MR) is 88.0 cm³/mol. The molecule has 0 radical (unpaired) electrons. The first-order chi connectivity index (χ1) is 12.3. The summed E-state index contributed by atoms with van der Waals surface area (Å²) in [5.74, 6) is 0.607. The van der Waals surface area contributed by atoms with E-state index >= 15 is 0 Å². The van der Waals surface area contributed by atoms with Crippen LogP contribution in [0.3, 0.4) is 0 Å². The largest absolute Gasteiger partial charge is 0.416 e. The van der Waals surface area contributed by atoms with Crippen LogP contribution in [0.2, 0.25) is 0 Å². The van der Waals surface area contributed by atoms with Gasteiger partial charge in [0.25, 0.3) is 5.69 Å². The number of hydrogen-bond acceptors (Lipinski definition) is 5. The number of aryl methyl sites for hydroxylation is 1. The fourth-order valence-corrected chi connectivity index (χ4v) is 2.91. The lowest BCUT2D eigenvalue weighted by Crippen LogP contribution is -2.39. The van der Waals surface area contributed by atoms with Gasteiger partial charge in [0.1, 0.15) is 18.1 Å². The van der Waals surface area contributed by atoms with Gasteiger partial charge in [0, 0.05) is 19.2 Å². The molecule has 1 aliphatic heterocycles. The maximum atomic E-state index is 12.7. The van der Waals surface area contributed by atoms with Crippen LogP contribution in [0.5, 0.6) is 0 Å². The highest BCUT2D eigenvalue weighted by molar-refractivity contribution is 5.51. The summed E-state index contributed by atoms with van der Waals surface area (Å²) < 4.78 is 43.7. The number of nitro groups is 1. The summed E-state index contributed by atoms with van der Waals surface area (Å²) in [6.07, 6.45) is -3.58. The first-order valence-corrected chi connectivity index (χ1v) is 7.90. The van der Waals surface area contributed by atoms with Crippen LogP contribution in [0.15, 0.2) is 36.5 Å². The quantitative estimate of drug-likeness (QED) is 0.608. The van der Waals surface area contributed by atoms with E-state index in [1.807, 2.05) is 4.90 Å². The van der Waals surface area contributed by atoms with Gasteiger partial charge >= 0.3 is 6.18 Å². The molecule has 1 atom stereocenters. The third kappa shape index (κ3) is 3.77. The lowest BCUT2D eigenvalue weighted by Gasteiger charge is -2.34. The van der Waals surface area contributed by atoms with E-state index in [1.165, 1.54) is 24.4 Å². The highest BCUT2D eigenvalue weighted by Gasteiger charge is 2.31. The lowest BCUT2D eigenvalue weighted by molar-refractivity contribution is -0.385. The third-order valence-corrected chi connectivity index (χ3v) is 4.22. The van der Waals surface area contributed by atoms with Crippen molar-refractivity contribution in [2.24, 2.45) is 0 Å². The minimum Gasteiger partial charge on any atom is -0.370 e. The summed E-state index contributed by atoms with van der Waals surface area (Å²) in [7, 11) is 0. The molecule has 1 unspecified atom stereocenters. The van der Waals surface area contributed by atoms with Crippen molar-refractivity contribution in [1.82, 2.24) is 4.98 Å². The Morgan fingerprint density at radius 1 is 1.31 bits per heavy atom. The molecule has 2 heterocycles. The predicted octanol–water partition coefficient (Wildman–Crippen LogP) is 3.89. The van der Waals surface area contributed by atoms with Gasteiger partial charge in [-0.1, -0.05) is 12.1 Å². The normalized spacial score (nSPS) is 18.0. The van der Waals surface area contributed by atoms with Crippen molar-refractivity contribution in [2.75, 3.05) is 24.6 Å². The number of rotatable bonds is 3. The molecule has 3 rings (SSSR count). The van der Waals surface area contributed by atoms with E-state index in [2.05, 4.69) is 4.98 Å². The Morgan fingerprint density at radius 3 is 2.58 bits per heavy atom. The first kappa shape index (κ1) is 18.1. The smallest absolute Gasteiger partial charge is 0.370 e. The Balaban J connectivity index is 1.78. The van der Waals surface area contributed by atoms with E-state index in [4.69, 9.17) is 4.74 Å². The first-order valence-electron chi connectivity index (χ1n) is 7.90. The van der Waals surface area contributed by atoms with Crippen LogP contribution in [0, 0.1) is 17.0 Å². The summed E-state index contributed by atoms with van der Waals surface area (Å²) in [5, 5.41) is 10.8. The Bertz CT molecular complexity index is 809. The van der Waals surface area contributed by atoms with Gasteiger partial charge in [0.15, 0.2) is 0 Å². The number of ether oxygens (including phenoxy) is 1. The molecule has 138 valence electrons. The van der Waals surface area contributed by atoms with Gasteiger partial charge in [-0.05, 0) is 30.2 Å². The molecule has 1 fully saturated rings. The Kier molecular flexibility index (Phi) is 4.82. The van der Waals surface area contributed by atoms with Crippen molar-refractivity contribution < 1.29 is 22.8 Å². The molecule has 1 saturated heterocycles. The fourth-order valence-electron chi connectivity index (χ4n) is 2.91. The molecule has 1 aromatic carbocycles. The van der Waals surface area contributed by atoms with Crippen LogP contribution in [-0.4, -0.2) is 29.6 Å². The Hall–Kier alpha value is -2.68. The number of pyridine rings is 1. The number of aromatic nitrogens is 1. The van der Waals surface area contributed by atoms with E-state index in [9.17, 15) is 23.3 Å². The average molecular weight is 367 g/mol. The van der Waals surface area contributed by atoms with Crippen molar-refractivity contribution in [3.05, 3.63) is 63.3 Å². The Labute approximate surface area is 147 Å². The zero-order chi connectivity index (χ0) is 18.9. The average Bonchev–Trinajstić information content (AvgIpc) is 2.61. The van der Waals surface area contributed by atoms with Gasteiger partial charge in [-0.15, -0.1) is 0 Å². The number of anilines is 1. The second-order valence-corrected chi connectivity index (χ2v) is 6.02. The van der Waals surface area contributed by atoms with Crippen LogP contribution in [0.25, 0.3) is 0 Å². The number of morpholine rings is 1. The maximum Gasteiger partial charge on any atom is 0.416 e. The van der Waals surface area contributed by atoms with Crippen LogP contribution < -0.4 is 4.90 Å². The number of benzene rings is 1. The summed E-state index contributed by atoms with van der Waals surface area (Å²) in [6, 6.07) is 6.34. The molecule has 9 heteroatoms. The zero-order valence-corrected chi connectivity index (χ0v) is 13.9. The molecule has 0 N–H and O–H groups in total. The molecule has 0 amide bonds. The molecule has 2 aromatic rings. The zero-order valence-electron chi connectivity index (χ0n) is 13.9.